The Balaban J connectivity index is 1.49. The third-order valence-corrected chi connectivity index (χ3v) is 7.38. The molecule has 2 nitrogen and oxygen atoms in total. The third-order valence-electron chi connectivity index (χ3n) is 7.38. The van der Waals surface area contributed by atoms with Crippen molar-refractivity contribution in [3.63, 3.8) is 0 Å². The molecule has 0 radical (unpaired) electrons. The Morgan fingerprint density at radius 2 is 1.27 bits per heavy atom. The Kier molecular flexibility index (Phi) is 3.92. The van der Waals surface area contributed by atoms with Gasteiger partial charge >= 0.3 is 0 Å². The molecule has 4 aromatic rings. The van der Waals surface area contributed by atoms with Crippen molar-refractivity contribution in [2.45, 2.75) is 11.3 Å². The minimum absolute atomic E-state index is 0.280. The van der Waals surface area contributed by atoms with Crippen molar-refractivity contribution in [3.05, 3.63) is 144 Å². The van der Waals surface area contributed by atoms with E-state index in [1.54, 1.807) is 0 Å². The van der Waals surface area contributed by atoms with Crippen LogP contribution in [-0.2, 0) is 5.41 Å². The molecule has 2 aliphatic carbocycles. The normalized spacial score (nSPS) is 20.4. The first-order valence-corrected chi connectivity index (χ1v) is 11.5. The second-order valence-electron chi connectivity index (χ2n) is 9.02. The summed E-state index contributed by atoms with van der Waals surface area (Å²) in [6.45, 7) is 0. The fourth-order valence-electron chi connectivity index (χ4n) is 6.14. The van der Waals surface area contributed by atoms with Crippen LogP contribution in [0.1, 0.15) is 28.2 Å². The SMILES string of the molecule is C1=CC2c3cc(Nc4ccccc4)ccc3C3(c4ccccc4Oc4ccccc43)C2C=C1. The topological polar surface area (TPSA) is 21.3 Å². The molecule has 1 heterocycles. The summed E-state index contributed by atoms with van der Waals surface area (Å²) >= 11 is 0. The van der Waals surface area contributed by atoms with Crippen LogP contribution in [0.25, 0.3) is 0 Å². The first-order valence-electron chi connectivity index (χ1n) is 11.5. The lowest BCUT2D eigenvalue weighted by molar-refractivity contribution is 0.374. The van der Waals surface area contributed by atoms with E-state index in [1.165, 1.54) is 22.3 Å². The Labute approximate surface area is 193 Å². The van der Waals surface area contributed by atoms with Gasteiger partial charge in [0, 0.05) is 34.3 Å². The van der Waals surface area contributed by atoms with E-state index < -0.39 is 0 Å². The Morgan fingerprint density at radius 3 is 2.03 bits per heavy atom. The summed E-state index contributed by atoms with van der Waals surface area (Å²) in [5.74, 6) is 2.51. The van der Waals surface area contributed by atoms with Gasteiger partial charge in [0.2, 0.25) is 0 Å². The fraction of sp³-hybridized carbons (Fsp3) is 0.0968. The molecule has 1 spiro atoms. The van der Waals surface area contributed by atoms with E-state index in [9.17, 15) is 0 Å². The molecule has 0 aromatic heterocycles. The maximum atomic E-state index is 6.41. The molecule has 0 amide bonds. The molecule has 3 aliphatic rings. The molecule has 1 aliphatic heterocycles. The molecule has 2 heteroatoms. The van der Waals surface area contributed by atoms with Crippen molar-refractivity contribution < 1.29 is 4.74 Å². The molecular weight excluding hydrogens is 402 g/mol. The third kappa shape index (κ3) is 2.55. The summed E-state index contributed by atoms with van der Waals surface area (Å²) < 4.78 is 6.41. The van der Waals surface area contributed by atoms with Gasteiger partial charge < -0.3 is 10.1 Å². The number of hydrogen-bond acceptors (Lipinski definition) is 2. The first-order chi connectivity index (χ1) is 16.4. The molecule has 0 bridgehead atoms. The van der Waals surface area contributed by atoms with Crippen LogP contribution in [0, 0.1) is 5.92 Å². The van der Waals surface area contributed by atoms with Gasteiger partial charge in [0.25, 0.3) is 0 Å². The van der Waals surface area contributed by atoms with E-state index in [2.05, 4.69) is 121 Å². The van der Waals surface area contributed by atoms with Gasteiger partial charge in [-0.05, 0) is 47.5 Å². The van der Waals surface area contributed by atoms with Crippen LogP contribution >= 0.6 is 0 Å². The molecule has 1 N–H and O–H groups in total. The highest BCUT2D eigenvalue weighted by molar-refractivity contribution is 5.72. The smallest absolute Gasteiger partial charge is 0.131 e. The van der Waals surface area contributed by atoms with Gasteiger partial charge in [-0.25, -0.2) is 0 Å². The fourth-order valence-corrected chi connectivity index (χ4v) is 6.14. The van der Waals surface area contributed by atoms with Gasteiger partial charge in [0.05, 0.1) is 5.41 Å². The van der Waals surface area contributed by atoms with E-state index in [1.807, 2.05) is 6.07 Å². The Hall–Kier alpha value is -4.04. The summed E-state index contributed by atoms with van der Waals surface area (Å²) in [6, 6.07) is 34.4. The predicted octanol–water partition coefficient (Wildman–Crippen LogP) is 7.71. The highest BCUT2D eigenvalue weighted by Crippen LogP contribution is 2.64. The molecule has 2 unspecified atom stereocenters. The molecule has 0 saturated carbocycles. The highest BCUT2D eigenvalue weighted by Gasteiger charge is 2.56. The molecule has 7 rings (SSSR count). The average molecular weight is 426 g/mol. The molecule has 4 aromatic carbocycles. The molecule has 33 heavy (non-hydrogen) atoms. The highest BCUT2D eigenvalue weighted by atomic mass is 16.5. The average Bonchev–Trinajstić information content (AvgIpc) is 3.16. The number of fused-ring (bicyclic) bond motifs is 9. The lowest BCUT2D eigenvalue weighted by atomic mass is 9.62. The van der Waals surface area contributed by atoms with Gasteiger partial charge in [-0.1, -0.05) is 85.0 Å². The number of ether oxygens (including phenoxy) is 1. The number of benzene rings is 4. The summed E-state index contributed by atoms with van der Waals surface area (Å²) in [5.41, 5.74) is 7.19. The van der Waals surface area contributed by atoms with Crippen LogP contribution < -0.4 is 10.1 Å². The molecule has 0 saturated heterocycles. The first kappa shape index (κ1) is 18.5. The lowest BCUT2D eigenvalue weighted by Gasteiger charge is -2.43. The van der Waals surface area contributed by atoms with Gasteiger partial charge in [-0.15, -0.1) is 0 Å². The van der Waals surface area contributed by atoms with Crippen LogP contribution in [0.5, 0.6) is 11.5 Å². The monoisotopic (exact) mass is 425 g/mol. The van der Waals surface area contributed by atoms with Crippen molar-refractivity contribution in [1.82, 2.24) is 0 Å². The van der Waals surface area contributed by atoms with E-state index in [-0.39, 0.29) is 11.3 Å². The number of anilines is 2. The maximum Gasteiger partial charge on any atom is 0.131 e. The van der Waals surface area contributed by atoms with Crippen molar-refractivity contribution >= 4 is 11.4 Å². The number of rotatable bonds is 2. The zero-order chi connectivity index (χ0) is 21.8. The number of hydrogen-bond donors (Lipinski definition) is 1. The van der Waals surface area contributed by atoms with Crippen LogP contribution in [-0.4, -0.2) is 0 Å². The van der Waals surface area contributed by atoms with Crippen molar-refractivity contribution in [1.29, 1.82) is 0 Å². The van der Waals surface area contributed by atoms with Gasteiger partial charge in [0.15, 0.2) is 0 Å². The van der Waals surface area contributed by atoms with Crippen LogP contribution in [0.2, 0.25) is 0 Å². The maximum absolute atomic E-state index is 6.41. The lowest BCUT2D eigenvalue weighted by Crippen LogP contribution is -2.37. The summed E-state index contributed by atoms with van der Waals surface area (Å²) in [7, 11) is 0. The largest absolute Gasteiger partial charge is 0.457 e. The molecule has 158 valence electrons. The standard InChI is InChI=1S/C31H23NO/c1-2-10-21(11-3-1)32-22-18-19-26-24(20-22)23-12-4-5-13-25(23)31(26)27-14-6-8-16-29(27)33-30-17-9-7-15-28(30)31/h1-20,23,25,32H. The minimum Gasteiger partial charge on any atom is -0.457 e. The zero-order valence-corrected chi connectivity index (χ0v) is 18.1. The van der Waals surface area contributed by atoms with Crippen molar-refractivity contribution in [3.8, 4) is 11.5 Å². The predicted molar refractivity (Wildman–Crippen MR) is 134 cm³/mol. The molecular formula is C31H23NO. The van der Waals surface area contributed by atoms with Gasteiger partial charge in [-0.2, -0.15) is 0 Å². The zero-order valence-electron chi connectivity index (χ0n) is 18.1. The van der Waals surface area contributed by atoms with Gasteiger partial charge in [-0.3, -0.25) is 0 Å². The number of allylic oxidation sites excluding steroid dienone is 4. The van der Waals surface area contributed by atoms with Gasteiger partial charge in [0.1, 0.15) is 11.5 Å². The van der Waals surface area contributed by atoms with Crippen LogP contribution in [0.15, 0.2) is 121 Å². The Bertz CT molecular complexity index is 1390. The Morgan fingerprint density at radius 1 is 0.606 bits per heavy atom. The van der Waals surface area contributed by atoms with Crippen molar-refractivity contribution in [2.75, 3.05) is 5.32 Å². The summed E-state index contributed by atoms with van der Waals surface area (Å²) in [5, 5.41) is 3.59. The van der Waals surface area contributed by atoms with E-state index in [4.69, 9.17) is 4.74 Å². The number of nitrogens with one attached hydrogen (secondary N) is 1. The minimum atomic E-state index is -0.280. The molecule has 0 fully saturated rings. The second kappa shape index (κ2) is 6.98. The van der Waals surface area contributed by atoms with Crippen LogP contribution in [0.3, 0.4) is 0 Å². The van der Waals surface area contributed by atoms with E-state index in [0.29, 0.717) is 5.92 Å². The number of para-hydroxylation sites is 3. The summed E-state index contributed by atoms with van der Waals surface area (Å²) in [4.78, 5) is 0. The van der Waals surface area contributed by atoms with Crippen molar-refractivity contribution in [2.24, 2.45) is 5.92 Å². The quantitative estimate of drug-likeness (QED) is 0.355. The second-order valence-corrected chi connectivity index (χ2v) is 9.02. The van der Waals surface area contributed by atoms with E-state index >= 15 is 0 Å². The van der Waals surface area contributed by atoms with Crippen LogP contribution in [0.4, 0.5) is 11.4 Å². The summed E-state index contributed by atoms with van der Waals surface area (Å²) in [6.07, 6.45) is 9.16. The molecule has 2 atom stereocenters. The van der Waals surface area contributed by atoms with E-state index in [0.717, 1.165) is 22.9 Å².